The summed E-state index contributed by atoms with van der Waals surface area (Å²) >= 11 is 0. The second-order valence-corrected chi connectivity index (χ2v) is 9.66. The van der Waals surface area contributed by atoms with Gasteiger partial charge in [-0.1, -0.05) is 12.8 Å². The van der Waals surface area contributed by atoms with E-state index in [0.29, 0.717) is 17.4 Å². The third kappa shape index (κ3) is 3.25. The molecule has 142 valence electrons. The number of hydrogen-bond acceptors (Lipinski definition) is 3. The molecule has 25 heavy (non-hydrogen) atoms. The van der Waals surface area contributed by atoms with Crippen LogP contribution in [0.4, 0.5) is 0 Å². The van der Waals surface area contributed by atoms with Gasteiger partial charge in [0.1, 0.15) is 0 Å². The van der Waals surface area contributed by atoms with Crippen LogP contribution >= 0.6 is 0 Å². The summed E-state index contributed by atoms with van der Waals surface area (Å²) < 4.78 is 5.51. The molecule has 4 aliphatic rings. The number of nitrogens with zero attached hydrogens (tertiary/aromatic N) is 2. The average Bonchev–Trinajstić information content (AvgIpc) is 3.32. The molecule has 2 aliphatic heterocycles. The first-order valence-corrected chi connectivity index (χ1v) is 10.6. The molecule has 0 aromatic carbocycles. The zero-order valence-electron chi connectivity index (χ0n) is 16.3. The van der Waals surface area contributed by atoms with E-state index in [1.54, 1.807) is 0 Å². The molecule has 1 amide bonds. The van der Waals surface area contributed by atoms with E-state index in [4.69, 9.17) is 4.74 Å². The molecule has 0 radical (unpaired) electrons. The van der Waals surface area contributed by atoms with Crippen molar-refractivity contribution in [2.24, 2.45) is 17.3 Å². The summed E-state index contributed by atoms with van der Waals surface area (Å²) in [6, 6.07) is 0. The highest BCUT2D eigenvalue weighted by molar-refractivity contribution is 5.79. The van der Waals surface area contributed by atoms with Crippen molar-refractivity contribution in [2.45, 2.75) is 69.7 Å². The van der Waals surface area contributed by atoms with Crippen LogP contribution in [0.5, 0.6) is 0 Å². The van der Waals surface area contributed by atoms with Gasteiger partial charge in [-0.3, -0.25) is 4.79 Å². The van der Waals surface area contributed by atoms with Gasteiger partial charge in [-0.2, -0.15) is 0 Å². The highest BCUT2D eigenvalue weighted by Gasteiger charge is 2.52. The fourth-order valence-corrected chi connectivity index (χ4v) is 6.42. The van der Waals surface area contributed by atoms with Crippen molar-refractivity contribution in [3.63, 3.8) is 0 Å². The van der Waals surface area contributed by atoms with Crippen molar-refractivity contribution >= 4 is 5.91 Å². The summed E-state index contributed by atoms with van der Waals surface area (Å²) in [4.78, 5) is 17.4. The topological polar surface area (TPSA) is 32.8 Å². The Kier molecular flexibility index (Phi) is 4.87. The van der Waals surface area contributed by atoms with Crippen molar-refractivity contribution in [2.75, 3.05) is 40.4 Å². The molecule has 2 saturated carbocycles. The molecule has 1 unspecified atom stereocenters. The van der Waals surface area contributed by atoms with Gasteiger partial charge in [0.2, 0.25) is 5.91 Å². The van der Waals surface area contributed by atoms with Gasteiger partial charge in [-0.05, 0) is 70.4 Å². The Labute approximate surface area is 153 Å². The Morgan fingerprint density at radius 2 is 1.84 bits per heavy atom. The van der Waals surface area contributed by atoms with Crippen molar-refractivity contribution in [1.82, 2.24) is 9.80 Å². The lowest BCUT2D eigenvalue weighted by Gasteiger charge is -2.52. The zero-order valence-corrected chi connectivity index (χ0v) is 16.3. The van der Waals surface area contributed by atoms with Gasteiger partial charge in [0.25, 0.3) is 0 Å². The predicted molar refractivity (Wildman–Crippen MR) is 99.4 cm³/mol. The Hall–Kier alpha value is -0.610. The summed E-state index contributed by atoms with van der Waals surface area (Å²) in [5.74, 6) is 1.86. The van der Waals surface area contributed by atoms with Crippen LogP contribution in [0.1, 0.15) is 64.2 Å². The lowest BCUT2D eigenvalue weighted by atomic mass is 9.62. The van der Waals surface area contributed by atoms with E-state index in [2.05, 4.69) is 23.9 Å². The Morgan fingerprint density at radius 3 is 2.44 bits per heavy atom. The van der Waals surface area contributed by atoms with E-state index < -0.39 is 0 Å². The molecule has 0 aromatic rings. The Bertz CT molecular complexity index is 484. The van der Waals surface area contributed by atoms with Crippen molar-refractivity contribution in [1.29, 1.82) is 0 Å². The van der Waals surface area contributed by atoms with Crippen LogP contribution in [0.3, 0.4) is 0 Å². The Balaban J connectivity index is 1.41. The molecule has 4 fully saturated rings. The second kappa shape index (κ2) is 6.84. The maximum atomic E-state index is 12.7. The number of ether oxygens (including phenoxy) is 1. The predicted octanol–water partition coefficient (Wildman–Crippen LogP) is 3.31. The first-order valence-electron chi connectivity index (χ1n) is 10.6. The summed E-state index contributed by atoms with van der Waals surface area (Å²) in [7, 11) is 4.59. The van der Waals surface area contributed by atoms with Crippen LogP contribution < -0.4 is 0 Å². The number of carbonyl (C=O) groups excluding carboxylic acids is 1. The molecule has 2 saturated heterocycles. The molecule has 1 spiro atoms. The molecule has 0 bridgehead atoms. The number of carbonyl (C=O) groups is 1. The van der Waals surface area contributed by atoms with Crippen LogP contribution in [0.25, 0.3) is 0 Å². The summed E-state index contributed by atoms with van der Waals surface area (Å²) in [6.07, 6.45) is 12.7. The molecule has 2 heterocycles. The lowest BCUT2D eigenvalue weighted by Crippen LogP contribution is -2.54. The molecule has 0 aromatic heterocycles. The van der Waals surface area contributed by atoms with Crippen molar-refractivity contribution < 1.29 is 9.53 Å². The quantitative estimate of drug-likeness (QED) is 0.781. The van der Waals surface area contributed by atoms with Crippen LogP contribution in [0, 0.1) is 17.3 Å². The van der Waals surface area contributed by atoms with Gasteiger partial charge in [-0.15, -0.1) is 0 Å². The van der Waals surface area contributed by atoms with Crippen molar-refractivity contribution in [3.05, 3.63) is 0 Å². The third-order valence-electron chi connectivity index (χ3n) is 8.09. The van der Waals surface area contributed by atoms with Crippen LogP contribution in [-0.4, -0.2) is 61.6 Å². The molecule has 0 N–H and O–H groups in total. The van der Waals surface area contributed by atoms with Crippen LogP contribution in [0.15, 0.2) is 0 Å². The fourth-order valence-electron chi connectivity index (χ4n) is 6.42. The third-order valence-corrected chi connectivity index (χ3v) is 8.09. The first-order chi connectivity index (χ1) is 12.0. The zero-order chi connectivity index (χ0) is 17.5. The summed E-state index contributed by atoms with van der Waals surface area (Å²) in [5.41, 5.74) is 0.673. The number of rotatable bonds is 4. The van der Waals surface area contributed by atoms with Crippen molar-refractivity contribution in [3.8, 4) is 0 Å². The number of likely N-dealkylation sites (tertiary alicyclic amines) is 1. The molecule has 4 heteroatoms. The SMILES string of the molecule is CN(C)C1(C2CCCC2)CCC2(CC1)CC(=O)N(CC1CCOC1)C2. The van der Waals surface area contributed by atoms with Crippen LogP contribution in [0.2, 0.25) is 0 Å². The minimum atomic E-state index is 0.272. The summed E-state index contributed by atoms with van der Waals surface area (Å²) in [6.45, 7) is 3.67. The lowest BCUT2D eigenvalue weighted by molar-refractivity contribution is -0.128. The summed E-state index contributed by atoms with van der Waals surface area (Å²) in [5, 5.41) is 0. The normalized spacial score (nSPS) is 40.0. The number of hydrogen-bond donors (Lipinski definition) is 0. The highest BCUT2D eigenvalue weighted by atomic mass is 16.5. The largest absolute Gasteiger partial charge is 0.381 e. The van der Waals surface area contributed by atoms with Gasteiger partial charge in [0.15, 0.2) is 0 Å². The van der Waals surface area contributed by atoms with E-state index in [0.717, 1.165) is 45.1 Å². The Morgan fingerprint density at radius 1 is 1.12 bits per heavy atom. The molecular formula is C21H36N2O2. The maximum Gasteiger partial charge on any atom is 0.223 e. The molecule has 4 rings (SSSR count). The van der Waals surface area contributed by atoms with Gasteiger partial charge in [0.05, 0.1) is 6.61 Å². The van der Waals surface area contributed by atoms with Gasteiger partial charge >= 0.3 is 0 Å². The minimum Gasteiger partial charge on any atom is -0.381 e. The van der Waals surface area contributed by atoms with E-state index in [1.807, 2.05) is 0 Å². The highest BCUT2D eigenvalue weighted by Crippen LogP contribution is 2.53. The van der Waals surface area contributed by atoms with E-state index in [1.165, 1.54) is 51.4 Å². The van der Waals surface area contributed by atoms with Crippen LogP contribution in [-0.2, 0) is 9.53 Å². The minimum absolute atomic E-state index is 0.272. The van der Waals surface area contributed by atoms with Gasteiger partial charge < -0.3 is 14.5 Å². The van der Waals surface area contributed by atoms with E-state index in [9.17, 15) is 4.79 Å². The molecular weight excluding hydrogens is 312 g/mol. The van der Waals surface area contributed by atoms with E-state index in [-0.39, 0.29) is 5.41 Å². The molecule has 1 atom stereocenters. The monoisotopic (exact) mass is 348 g/mol. The standard InChI is InChI=1S/C21H36N2O2/c1-22(2)21(18-5-3-4-6-18)10-8-20(9-11-21)13-19(24)23(16-20)14-17-7-12-25-15-17/h17-18H,3-16H2,1-2H3. The van der Waals surface area contributed by atoms with E-state index >= 15 is 0 Å². The van der Waals surface area contributed by atoms with Gasteiger partial charge in [-0.25, -0.2) is 0 Å². The molecule has 4 nitrogen and oxygen atoms in total. The first kappa shape index (κ1) is 17.8. The molecule has 2 aliphatic carbocycles. The number of amides is 1. The maximum absolute atomic E-state index is 12.7. The van der Waals surface area contributed by atoms with Gasteiger partial charge in [0, 0.05) is 37.6 Å². The second-order valence-electron chi connectivity index (χ2n) is 9.66. The fraction of sp³-hybridized carbons (Fsp3) is 0.952. The average molecular weight is 349 g/mol. The smallest absolute Gasteiger partial charge is 0.223 e.